The van der Waals surface area contributed by atoms with Crippen LogP contribution in [0.4, 0.5) is 0 Å². The van der Waals surface area contributed by atoms with Crippen molar-refractivity contribution in [3.8, 4) is 12.3 Å². The average molecular weight is 265 g/mol. The molecule has 0 heterocycles. The molecule has 0 aliphatic rings. The smallest absolute Gasteiger partial charge is 0.211 e. The van der Waals surface area contributed by atoms with Gasteiger partial charge in [0.25, 0.3) is 0 Å². The zero-order valence-corrected chi connectivity index (χ0v) is 11.7. The molecule has 0 aliphatic heterocycles. The van der Waals surface area contributed by atoms with E-state index in [0.29, 0.717) is 17.9 Å². The highest BCUT2D eigenvalue weighted by molar-refractivity contribution is 7.89. The van der Waals surface area contributed by atoms with Crippen molar-refractivity contribution in [2.75, 3.05) is 6.54 Å². The fourth-order valence-electron chi connectivity index (χ4n) is 1.74. The van der Waals surface area contributed by atoms with E-state index in [9.17, 15) is 8.42 Å². The monoisotopic (exact) mass is 265 g/mol. The second kappa shape index (κ2) is 6.58. The maximum absolute atomic E-state index is 12.0. The summed E-state index contributed by atoms with van der Waals surface area (Å²) in [4.78, 5) is 0.352. The van der Waals surface area contributed by atoms with Crippen molar-refractivity contribution in [3.05, 3.63) is 29.3 Å². The highest BCUT2D eigenvalue weighted by Crippen LogP contribution is 2.16. The van der Waals surface area contributed by atoms with Gasteiger partial charge in [-0.2, -0.15) is 0 Å². The molecule has 1 rings (SSSR count). The van der Waals surface area contributed by atoms with Crippen LogP contribution in [0.25, 0.3) is 0 Å². The standard InChI is InChI=1S/C14H19NO2S/c1-4-5-6-7-10-15-18(16,17)14-9-8-12(2)11-13(14)3/h1,8-9,11,15H,5-7,10H2,2-3H3. The molecule has 18 heavy (non-hydrogen) atoms. The third-order valence-corrected chi connectivity index (χ3v) is 4.28. The Balaban J connectivity index is 2.66. The summed E-state index contributed by atoms with van der Waals surface area (Å²) in [6.07, 6.45) is 7.42. The Morgan fingerprint density at radius 2 is 2.00 bits per heavy atom. The maximum atomic E-state index is 12.0. The molecule has 0 aliphatic carbocycles. The van der Waals surface area contributed by atoms with Crippen molar-refractivity contribution in [3.63, 3.8) is 0 Å². The van der Waals surface area contributed by atoms with E-state index >= 15 is 0 Å². The second-order valence-electron chi connectivity index (χ2n) is 4.33. The molecule has 0 spiro atoms. The molecule has 0 bridgehead atoms. The summed E-state index contributed by atoms with van der Waals surface area (Å²) in [5, 5.41) is 0. The minimum atomic E-state index is -3.40. The summed E-state index contributed by atoms with van der Waals surface area (Å²) in [6.45, 7) is 4.17. The lowest BCUT2D eigenvalue weighted by Crippen LogP contribution is -2.25. The molecule has 1 N–H and O–H groups in total. The summed E-state index contributed by atoms with van der Waals surface area (Å²) in [5.74, 6) is 2.54. The van der Waals surface area contributed by atoms with Gasteiger partial charge in [-0.15, -0.1) is 12.3 Å². The van der Waals surface area contributed by atoms with E-state index in [1.54, 1.807) is 19.1 Å². The topological polar surface area (TPSA) is 46.2 Å². The molecule has 0 radical (unpaired) electrons. The molecule has 0 unspecified atom stereocenters. The first-order valence-corrected chi connectivity index (χ1v) is 7.46. The number of sulfonamides is 1. The molecular formula is C14H19NO2S. The van der Waals surface area contributed by atoms with Crippen molar-refractivity contribution in [1.29, 1.82) is 0 Å². The number of rotatable bonds is 6. The molecule has 98 valence electrons. The first-order chi connectivity index (χ1) is 8.47. The molecule has 1 aromatic carbocycles. The SMILES string of the molecule is C#CCCCCNS(=O)(=O)c1ccc(C)cc1C. The molecule has 0 saturated heterocycles. The predicted octanol–water partition coefficient (Wildman–Crippen LogP) is 2.39. The van der Waals surface area contributed by atoms with Crippen LogP contribution in [0, 0.1) is 26.2 Å². The van der Waals surface area contributed by atoms with E-state index in [1.165, 1.54) is 0 Å². The lowest BCUT2D eigenvalue weighted by molar-refractivity contribution is 0.576. The van der Waals surface area contributed by atoms with Crippen molar-refractivity contribution >= 4 is 10.0 Å². The van der Waals surface area contributed by atoms with E-state index in [4.69, 9.17) is 6.42 Å². The van der Waals surface area contributed by atoms with Crippen LogP contribution >= 0.6 is 0 Å². The van der Waals surface area contributed by atoms with Gasteiger partial charge in [-0.3, -0.25) is 0 Å². The number of hydrogen-bond donors (Lipinski definition) is 1. The Morgan fingerprint density at radius 3 is 2.61 bits per heavy atom. The molecule has 0 fully saturated rings. The largest absolute Gasteiger partial charge is 0.240 e. The fraction of sp³-hybridized carbons (Fsp3) is 0.429. The van der Waals surface area contributed by atoms with Gasteiger partial charge < -0.3 is 0 Å². The van der Waals surface area contributed by atoms with Gasteiger partial charge in [-0.05, 0) is 38.3 Å². The van der Waals surface area contributed by atoms with Gasteiger partial charge in [0.2, 0.25) is 10.0 Å². The number of aryl methyl sites for hydroxylation is 2. The summed E-state index contributed by atoms with van der Waals surface area (Å²) >= 11 is 0. The highest BCUT2D eigenvalue weighted by Gasteiger charge is 2.15. The van der Waals surface area contributed by atoms with Crippen molar-refractivity contribution in [2.45, 2.75) is 38.0 Å². The Bertz CT molecular complexity index is 541. The Morgan fingerprint density at radius 1 is 1.28 bits per heavy atom. The van der Waals surface area contributed by atoms with E-state index in [1.807, 2.05) is 13.0 Å². The maximum Gasteiger partial charge on any atom is 0.240 e. The minimum Gasteiger partial charge on any atom is -0.211 e. The number of benzene rings is 1. The number of terminal acetylenes is 1. The van der Waals surface area contributed by atoms with Gasteiger partial charge in [0.05, 0.1) is 4.90 Å². The van der Waals surface area contributed by atoms with Crippen LogP contribution in [0.3, 0.4) is 0 Å². The van der Waals surface area contributed by atoms with E-state index in [2.05, 4.69) is 10.6 Å². The number of unbranched alkanes of at least 4 members (excludes halogenated alkanes) is 2. The van der Waals surface area contributed by atoms with E-state index in [-0.39, 0.29) is 0 Å². The van der Waals surface area contributed by atoms with Crippen LogP contribution in [0.1, 0.15) is 30.4 Å². The molecule has 0 amide bonds. The lowest BCUT2D eigenvalue weighted by Gasteiger charge is -2.09. The van der Waals surface area contributed by atoms with Gasteiger partial charge in [-0.25, -0.2) is 13.1 Å². The zero-order valence-electron chi connectivity index (χ0n) is 10.9. The summed E-state index contributed by atoms with van der Waals surface area (Å²) in [6, 6.07) is 5.32. The van der Waals surface area contributed by atoms with E-state index in [0.717, 1.165) is 24.0 Å². The highest BCUT2D eigenvalue weighted by atomic mass is 32.2. The van der Waals surface area contributed by atoms with Crippen LogP contribution in [-0.2, 0) is 10.0 Å². The Kier molecular flexibility index (Phi) is 5.39. The van der Waals surface area contributed by atoms with Crippen LogP contribution in [0.2, 0.25) is 0 Å². The molecule has 0 saturated carbocycles. The van der Waals surface area contributed by atoms with Gasteiger partial charge in [0.1, 0.15) is 0 Å². The van der Waals surface area contributed by atoms with Crippen molar-refractivity contribution in [2.24, 2.45) is 0 Å². The Labute approximate surface area is 110 Å². The van der Waals surface area contributed by atoms with Gasteiger partial charge in [0.15, 0.2) is 0 Å². The van der Waals surface area contributed by atoms with Crippen LogP contribution < -0.4 is 4.72 Å². The van der Waals surface area contributed by atoms with Crippen LogP contribution in [0.15, 0.2) is 23.1 Å². The predicted molar refractivity (Wildman–Crippen MR) is 73.8 cm³/mol. The van der Waals surface area contributed by atoms with Crippen LogP contribution in [-0.4, -0.2) is 15.0 Å². The summed E-state index contributed by atoms with van der Waals surface area (Å²) < 4.78 is 26.7. The first kappa shape index (κ1) is 14.7. The third kappa shape index (κ3) is 4.17. The molecule has 0 aromatic heterocycles. The fourth-order valence-corrected chi connectivity index (χ4v) is 3.04. The van der Waals surface area contributed by atoms with Crippen molar-refractivity contribution < 1.29 is 8.42 Å². The first-order valence-electron chi connectivity index (χ1n) is 5.98. The number of hydrogen-bond acceptors (Lipinski definition) is 2. The summed E-state index contributed by atoms with van der Waals surface area (Å²) in [7, 11) is -3.40. The summed E-state index contributed by atoms with van der Waals surface area (Å²) in [5.41, 5.74) is 1.83. The van der Waals surface area contributed by atoms with Gasteiger partial charge in [0, 0.05) is 13.0 Å². The lowest BCUT2D eigenvalue weighted by atomic mass is 10.2. The van der Waals surface area contributed by atoms with Gasteiger partial charge >= 0.3 is 0 Å². The average Bonchev–Trinajstić information content (AvgIpc) is 2.28. The molecule has 3 nitrogen and oxygen atoms in total. The molecular weight excluding hydrogens is 246 g/mol. The van der Waals surface area contributed by atoms with E-state index < -0.39 is 10.0 Å². The molecule has 4 heteroatoms. The minimum absolute atomic E-state index is 0.352. The molecule has 1 aromatic rings. The second-order valence-corrected chi connectivity index (χ2v) is 6.06. The normalized spacial score (nSPS) is 11.2. The van der Waals surface area contributed by atoms with Crippen LogP contribution in [0.5, 0.6) is 0 Å². The van der Waals surface area contributed by atoms with Crippen molar-refractivity contribution in [1.82, 2.24) is 4.72 Å². The number of nitrogens with one attached hydrogen (secondary N) is 1. The van der Waals surface area contributed by atoms with Gasteiger partial charge in [-0.1, -0.05) is 17.7 Å². The quantitative estimate of drug-likeness (QED) is 0.634. The zero-order chi connectivity index (χ0) is 13.6. The Hall–Kier alpha value is -1.31. The molecule has 0 atom stereocenters. The third-order valence-electron chi connectivity index (χ3n) is 2.66.